The van der Waals surface area contributed by atoms with Gasteiger partial charge in [0.05, 0.1) is 6.61 Å². The summed E-state index contributed by atoms with van der Waals surface area (Å²) >= 11 is 0. The number of phenols is 1. The van der Waals surface area contributed by atoms with Crippen LogP contribution >= 0.6 is 0 Å². The predicted molar refractivity (Wildman–Crippen MR) is 56.4 cm³/mol. The van der Waals surface area contributed by atoms with Gasteiger partial charge in [0.25, 0.3) is 0 Å². The topological polar surface area (TPSA) is 41.5 Å². The highest BCUT2D eigenvalue weighted by atomic mass is 16.5. The van der Waals surface area contributed by atoms with Gasteiger partial charge in [-0.05, 0) is 13.0 Å². The third-order valence-corrected chi connectivity index (χ3v) is 2.03. The maximum atomic E-state index is 9.52. The second kappa shape index (κ2) is 5.62. The summed E-state index contributed by atoms with van der Waals surface area (Å²) in [6, 6.07) is 5.60. The van der Waals surface area contributed by atoms with Crippen LogP contribution in [-0.4, -0.2) is 25.4 Å². The van der Waals surface area contributed by atoms with E-state index in [1.54, 1.807) is 13.2 Å². The van der Waals surface area contributed by atoms with Gasteiger partial charge in [0.1, 0.15) is 5.75 Å². The molecule has 0 atom stereocenters. The van der Waals surface area contributed by atoms with Gasteiger partial charge in [0.15, 0.2) is 0 Å². The molecule has 1 aromatic rings. The second-order valence-electron chi connectivity index (χ2n) is 3.30. The van der Waals surface area contributed by atoms with E-state index in [-0.39, 0.29) is 0 Å². The summed E-state index contributed by atoms with van der Waals surface area (Å²) in [4.78, 5) is 0. The van der Waals surface area contributed by atoms with E-state index in [2.05, 4.69) is 5.32 Å². The average Bonchev–Trinajstić information content (AvgIpc) is 2.18. The number of methoxy groups -OCH3 is 1. The fourth-order valence-electron chi connectivity index (χ4n) is 1.25. The Balaban J connectivity index is 2.45. The van der Waals surface area contributed by atoms with Crippen LogP contribution in [0, 0.1) is 6.92 Å². The van der Waals surface area contributed by atoms with Crippen LogP contribution in [0.15, 0.2) is 18.2 Å². The van der Waals surface area contributed by atoms with Gasteiger partial charge in [-0.1, -0.05) is 17.7 Å². The van der Waals surface area contributed by atoms with E-state index < -0.39 is 0 Å². The molecule has 14 heavy (non-hydrogen) atoms. The first-order valence-corrected chi connectivity index (χ1v) is 4.72. The molecule has 0 saturated heterocycles. The molecular formula is C11H17NO2. The molecule has 0 unspecified atom stereocenters. The Hall–Kier alpha value is -1.06. The molecule has 0 amide bonds. The Labute approximate surface area is 84.7 Å². The van der Waals surface area contributed by atoms with E-state index in [1.165, 1.54) is 0 Å². The first-order valence-electron chi connectivity index (χ1n) is 4.72. The zero-order valence-electron chi connectivity index (χ0n) is 8.71. The van der Waals surface area contributed by atoms with Crippen LogP contribution in [0.25, 0.3) is 0 Å². The number of ether oxygens (including phenoxy) is 1. The van der Waals surface area contributed by atoms with Gasteiger partial charge in [0.2, 0.25) is 0 Å². The lowest BCUT2D eigenvalue weighted by Crippen LogP contribution is -2.18. The molecular weight excluding hydrogens is 178 g/mol. The molecule has 0 spiro atoms. The first-order chi connectivity index (χ1) is 6.74. The van der Waals surface area contributed by atoms with Gasteiger partial charge in [-0.3, -0.25) is 0 Å². The summed E-state index contributed by atoms with van der Waals surface area (Å²) in [7, 11) is 1.67. The average molecular weight is 195 g/mol. The maximum absolute atomic E-state index is 9.52. The summed E-state index contributed by atoms with van der Waals surface area (Å²) in [5, 5.41) is 12.7. The van der Waals surface area contributed by atoms with Crippen LogP contribution in [-0.2, 0) is 11.3 Å². The molecule has 0 aliphatic carbocycles. The minimum atomic E-state index is 0.348. The van der Waals surface area contributed by atoms with Crippen molar-refractivity contribution in [2.24, 2.45) is 0 Å². The van der Waals surface area contributed by atoms with Crippen molar-refractivity contribution in [2.45, 2.75) is 13.5 Å². The molecule has 78 valence electrons. The van der Waals surface area contributed by atoms with Crippen molar-refractivity contribution in [2.75, 3.05) is 20.3 Å². The van der Waals surface area contributed by atoms with Crippen molar-refractivity contribution in [3.05, 3.63) is 29.3 Å². The molecule has 3 heteroatoms. The number of aryl methyl sites for hydroxylation is 1. The lowest BCUT2D eigenvalue weighted by atomic mass is 10.1. The minimum Gasteiger partial charge on any atom is -0.508 e. The molecule has 0 aliphatic rings. The van der Waals surface area contributed by atoms with E-state index in [9.17, 15) is 5.11 Å². The normalized spacial score (nSPS) is 10.4. The maximum Gasteiger partial charge on any atom is 0.120 e. The van der Waals surface area contributed by atoms with Crippen LogP contribution < -0.4 is 5.32 Å². The molecule has 0 fully saturated rings. The van der Waals surface area contributed by atoms with Crippen molar-refractivity contribution >= 4 is 0 Å². The Bertz CT molecular complexity index is 287. The summed E-state index contributed by atoms with van der Waals surface area (Å²) in [5.74, 6) is 0.348. The van der Waals surface area contributed by atoms with Crippen molar-refractivity contribution in [3.63, 3.8) is 0 Å². The first kappa shape index (κ1) is 11.0. The Kier molecular flexibility index (Phi) is 4.43. The van der Waals surface area contributed by atoms with Crippen molar-refractivity contribution in [3.8, 4) is 5.75 Å². The van der Waals surface area contributed by atoms with E-state index in [0.29, 0.717) is 18.9 Å². The number of phenolic OH excluding ortho intramolecular Hbond substituents is 1. The van der Waals surface area contributed by atoms with Gasteiger partial charge in [-0.25, -0.2) is 0 Å². The molecule has 0 heterocycles. The Morgan fingerprint density at radius 3 is 2.93 bits per heavy atom. The molecule has 1 rings (SSSR count). The van der Waals surface area contributed by atoms with Crippen LogP contribution in [0.2, 0.25) is 0 Å². The number of benzene rings is 1. The van der Waals surface area contributed by atoms with E-state index >= 15 is 0 Å². The summed E-state index contributed by atoms with van der Waals surface area (Å²) in [5.41, 5.74) is 2.09. The smallest absolute Gasteiger partial charge is 0.120 e. The quantitative estimate of drug-likeness (QED) is 0.698. The molecule has 3 nitrogen and oxygen atoms in total. The zero-order chi connectivity index (χ0) is 10.4. The monoisotopic (exact) mass is 195 g/mol. The Morgan fingerprint density at radius 2 is 2.21 bits per heavy atom. The third kappa shape index (κ3) is 3.36. The van der Waals surface area contributed by atoms with Crippen LogP contribution in [0.3, 0.4) is 0 Å². The fraction of sp³-hybridized carbons (Fsp3) is 0.455. The molecule has 0 saturated carbocycles. The van der Waals surface area contributed by atoms with Crippen molar-refractivity contribution < 1.29 is 9.84 Å². The van der Waals surface area contributed by atoms with Gasteiger partial charge in [0, 0.05) is 25.8 Å². The number of rotatable bonds is 5. The summed E-state index contributed by atoms with van der Waals surface area (Å²) in [6.45, 7) is 4.17. The summed E-state index contributed by atoms with van der Waals surface area (Å²) < 4.78 is 4.91. The highest BCUT2D eigenvalue weighted by Gasteiger charge is 1.99. The standard InChI is InChI=1S/C11H17NO2/c1-9-3-4-11(13)10(7-9)8-12-5-6-14-2/h3-4,7,12-13H,5-6,8H2,1-2H3. The van der Waals surface area contributed by atoms with E-state index in [4.69, 9.17) is 4.74 Å². The van der Waals surface area contributed by atoms with Gasteiger partial charge >= 0.3 is 0 Å². The second-order valence-corrected chi connectivity index (χ2v) is 3.30. The molecule has 0 radical (unpaired) electrons. The Morgan fingerprint density at radius 1 is 1.43 bits per heavy atom. The number of hydrogen-bond acceptors (Lipinski definition) is 3. The molecule has 0 aromatic heterocycles. The zero-order valence-corrected chi connectivity index (χ0v) is 8.71. The number of aromatic hydroxyl groups is 1. The van der Waals surface area contributed by atoms with Crippen LogP contribution in [0.4, 0.5) is 0 Å². The minimum absolute atomic E-state index is 0.348. The highest BCUT2D eigenvalue weighted by Crippen LogP contribution is 2.17. The lowest BCUT2D eigenvalue weighted by molar-refractivity contribution is 0.199. The SMILES string of the molecule is COCCNCc1cc(C)ccc1O. The number of nitrogens with one attached hydrogen (secondary N) is 1. The lowest BCUT2D eigenvalue weighted by Gasteiger charge is -2.07. The van der Waals surface area contributed by atoms with Crippen LogP contribution in [0.5, 0.6) is 5.75 Å². The number of hydrogen-bond donors (Lipinski definition) is 2. The molecule has 0 aliphatic heterocycles. The van der Waals surface area contributed by atoms with Crippen molar-refractivity contribution in [1.29, 1.82) is 0 Å². The largest absolute Gasteiger partial charge is 0.508 e. The fourth-order valence-corrected chi connectivity index (χ4v) is 1.25. The molecule has 1 aromatic carbocycles. The van der Waals surface area contributed by atoms with Gasteiger partial charge in [-0.15, -0.1) is 0 Å². The summed E-state index contributed by atoms with van der Waals surface area (Å²) in [6.07, 6.45) is 0. The van der Waals surface area contributed by atoms with E-state index in [0.717, 1.165) is 17.7 Å². The van der Waals surface area contributed by atoms with Gasteiger partial charge in [-0.2, -0.15) is 0 Å². The third-order valence-electron chi connectivity index (χ3n) is 2.03. The predicted octanol–water partition coefficient (Wildman–Crippen LogP) is 1.44. The molecule has 0 bridgehead atoms. The van der Waals surface area contributed by atoms with Crippen LogP contribution in [0.1, 0.15) is 11.1 Å². The highest BCUT2D eigenvalue weighted by molar-refractivity contribution is 5.35. The van der Waals surface area contributed by atoms with Crippen molar-refractivity contribution in [1.82, 2.24) is 5.32 Å². The van der Waals surface area contributed by atoms with Gasteiger partial charge < -0.3 is 15.2 Å². The molecule has 2 N–H and O–H groups in total. The van der Waals surface area contributed by atoms with E-state index in [1.807, 2.05) is 19.1 Å².